The summed E-state index contributed by atoms with van der Waals surface area (Å²) < 4.78 is 7.25. The Kier molecular flexibility index (Phi) is 4.80. The van der Waals surface area contributed by atoms with Gasteiger partial charge in [-0.15, -0.1) is 0 Å². The predicted octanol–water partition coefficient (Wildman–Crippen LogP) is 2.53. The average molecular weight is 376 g/mol. The number of carbonyl (C=O) groups excluding carboxylic acids is 2. The van der Waals surface area contributed by atoms with Crippen molar-refractivity contribution in [2.75, 3.05) is 19.0 Å². The summed E-state index contributed by atoms with van der Waals surface area (Å²) in [6, 6.07) is 15.1. The second-order valence-corrected chi connectivity index (χ2v) is 6.74. The van der Waals surface area contributed by atoms with Crippen molar-refractivity contribution >= 4 is 17.5 Å². The van der Waals surface area contributed by atoms with Crippen molar-refractivity contribution in [1.82, 2.24) is 14.7 Å². The number of nitrogens with zero attached hydrogens (tertiary/aromatic N) is 3. The highest BCUT2D eigenvalue weighted by molar-refractivity contribution is 5.98. The zero-order chi connectivity index (χ0) is 19.5. The van der Waals surface area contributed by atoms with Crippen molar-refractivity contribution < 1.29 is 14.3 Å². The van der Waals surface area contributed by atoms with E-state index in [9.17, 15) is 9.59 Å². The summed E-state index contributed by atoms with van der Waals surface area (Å²) in [7, 11) is 1.75. The molecule has 7 nitrogen and oxygen atoms in total. The molecule has 7 heteroatoms. The second-order valence-electron chi connectivity index (χ2n) is 6.74. The van der Waals surface area contributed by atoms with Crippen molar-refractivity contribution in [2.45, 2.75) is 13.1 Å². The zero-order valence-electron chi connectivity index (χ0n) is 15.5. The molecule has 0 radical (unpaired) electrons. The number of nitrogens with one attached hydrogen (secondary N) is 1. The van der Waals surface area contributed by atoms with Gasteiger partial charge in [0.05, 0.1) is 18.4 Å². The largest absolute Gasteiger partial charge is 0.482 e. The van der Waals surface area contributed by atoms with E-state index in [1.807, 2.05) is 29.1 Å². The van der Waals surface area contributed by atoms with Crippen LogP contribution in [0.2, 0.25) is 0 Å². The molecule has 28 heavy (non-hydrogen) atoms. The lowest BCUT2D eigenvalue weighted by atomic mass is 10.1. The fourth-order valence-electron chi connectivity index (χ4n) is 3.12. The molecule has 1 N–H and O–H groups in total. The Hall–Kier alpha value is -3.61. The van der Waals surface area contributed by atoms with Gasteiger partial charge in [-0.05, 0) is 23.8 Å². The van der Waals surface area contributed by atoms with E-state index in [1.165, 1.54) is 5.56 Å². The van der Waals surface area contributed by atoms with Crippen molar-refractivity contribution in [3.05, 3.63) is 77.6 Å². The molecule has 3 aromatic rings. The minimum Gasteiger partial charge on any atom is -0.482 e. The van der Waals surface area contributed by atoms with Crippen LogP contribution < -0.4 is 10.1 Å². The lowest BCUT2D eigenvalue weighted by Gasteiger charge is -2.20. The Balaban J connectivity index is 1.42. The van der Waals surface area contributed by atoms with Crippen LogP contribution >= 0.6 is 0 Å². The number of hydrogen-bond donors (Lipinski definition) is 1. The van der Waals surface area contributed by atoms with Gasteiger partial charge in [0, 0.05) is 30.9 Å². The van der Waals surface area contributed by atoms with Gasteiger partial charge < -0.3 is 15.0 Å². The lowest BCUT2D eigenvalue weighted by molar-refractivity contribution is -0.118. The Morgan fingerprint density at radius 1 is 1.21 bits per heavy atom. The number of anilines is 1. The number of rotatable bonds is 5. The van der Waals surface area contributed by atoms with E-state index < -0.39 is 0 Å². The predicted molar refractivity (Wildman–Crippen MR) is 104 cm³/mol. The van der Waals surface area contributed by atoms with Crippen LogP contribution in [0.3, 0.4) is 0 Å². The van der Waals surface area contributed by atoms with Crippen LogP contribution in [0.15, 0.2) is 60.9 Å². The van der Waals surface area contributed by atoms with E-state index in [0.29, 0.717) is 30.1 Å². The summed E-state index contributed by atoms with van der Waals surface area (Å²) in [5.41, 5.74) is 3.21. The minimum absolute atomic E-state index is 0.0406. The summed E-state index contributed by atoms with van der Waals surface area (Å²) in [5.74, 6) is 0.185. The fourth-order valence-corrected chi connectivity index (χ4v) is 3.12. The molecule has 0 saturated heterocycles. The summed E-state index contributed by atoms with van der Waals surface area (Å²) >= 11 is 0. The fraction of sp³-hybridized carbons (Fsp3) is 0.190. The quantitative estimate of drug-likeness (QED) is 0.742. The Morgan fingerprint density at radius 3 is 2.86 bits per heavy atom. The smallest absolute Gasteiger partial charge is 0.262 e. The third kappa shape index (κ3) is 3.88. The van der Waals surface area contributed by atoms with Crippen LogP contribution in [-0.2, 0) is 17.9 Å². The first-order valence-electron chi connectivity index (χ1n) is 8.96. The molecule has 1 aromatic heterocycles. The lowest BCUT2D eigenvalue weighted by Crippen LogP contribution is -2.28. The normalized spacial score (nSPS) is 12.7. The average Bonchev–Trinajstić information content (AvgIpc) is 3.14. The molecule has 142 valence electrons. The van der Waals surface area contributed by atoms with Gasteiger partial charge >= 0.3 is 0 Å². The highest BCUT2D eigenvalue weighted by Crippen LogP contribution is 2.29. The molecule has 4 rings (SSSR count). The van der Waals surface area contributed by atoms with Crippen LogP contribution in [0.25, 0.3) is 0 Å². The first-order valence-corrected chi connectivity index (χ1v) is 8.96. The monoisotopic (exact) mass is 376 g/mol. The summed E-state index contributed by atoms with van der Waals surface area (Å²) in [6.45, 7) is 1.09. The third-order valence-electron chi connectivity index (χ3n) is 4.50. The molecule has 1 aliphatic heterocycles. The molecule has 0 fully saturated rings. The summed E-state index contributed by atoms with van der Waals surface area (Å²) in [6.07, 6.45) is 3.72. The molecule has 2 amide bonds. The molecule has 2 heterocycles. The molecule has 0 atom stereocenters. The Labute approximate surface area is 162 Å². The van der Waals surface area contributed by atoms with E-state index in [0.717, 1.165) is 5.56 Å². The van der Waals surface area contributed by atoms with Gasteiger partial charge in [-0.25, -0.2) is 0 Å². The number of aromatic nitrogens is 2. The second kappa shape index (κ2) is 7.56. The van der Waals surface area contributed by atoms with Gasteiger partial charge in [0.15, 0.2) is 6.61 Å². The molecule has 0 saturated carbocycles. The van der Waals surface area contributed by atoms with Crippen LogP contribution in [0.5, 0.6) is 5.75 Å². The third-order valence-corrected chi connectivity index (χ3v) is 4.50. The molecule has 1 aliphatic rings. The highest BCUT2D eigenvalue weighted by atomic mass is 16.5. The molecule has 0 spiro atoms. The van der Waals surface area contributed by atoms with Crippen molar-refractivity contribution in [1.29, 1.82) is 0 Å². The first kappa shape index (κ1) is 17.8. The topological polar surface area (TPSA) is 76.5 Å². The van der Waals surface area contributed by atoms with Crippen LogP contribution in [0.1, 0.15) is 21.5 Å². The SMILES string of the molecule is CN(Cc1cnn(Cc2ccccc2)c1)C(=O)c1ccc2c(c1)OCC(=O)N2. The number of ether oxygens (including phenoxy) is 1. The van der Waals surface area contributed by atoms with E-state index >= 15 is 0 Å². The highest BCUT2D eigenvalue weighted by Gasteiger charge is 2.19. The number of benzene rings is 2. The maximum atomic E-state index is 12.8. The standard InChI is InChI=1S/C21H20N4O3/c1-24(11-16-10-22-25(13-16)12-15-5-3-2-4-6-15)21(27)17-7-8-18-19(9-17)28-14-20(26)23-18/h2-10,13H,11-12,14H2,1H3,(H,23,26). The van der Waals surface area contributed by atoms with Gasteiger partial charge in [-0.1, -0.05) is 30.3 Å². The van der Waals surface area contributed by atoms with Crippen LogP contribution in [0, 0.1) is 0 Å². The Bertz CT molecular complexity index is 1010. The summed E-state index contributed by atoms with van der Waals surface area (Å²) in [4.78, 5) is 25.7. The molecule has 0 bridgehead atoms. The van der Waals surface area contributed by atoms with Crippen LogP contribution in [0.4, 0.5) is 5.69 Å². The van der Waals surface area contributed by atoms with Gasteiger partial charge in [-0.2, -0.15) is 5.10 Å². The maximum absolute atomic E-state index is 12.8. The van der Waals surface area contributed by atoms with Crippen molar-refractivity contribution in [2.24, 2.45) is 0 Å². The molecular weight excluding hydrogens is 356 g/mol. The van der Waals surface area contributed by atoms with E-state index in [2.05, 4.69) is 22.5 Å². The number of carbonyl (C=O) groups is 2. The number of amides is 2. The molecule has 0 unspecified atom stereocenters. The number of hydrogen-bond acceptors (Lipinski definition) is 4. The zero-order valence-corrected chi connectivity index (χ0v) is 15.5. The molecule has 0 aliphatic carbocycles. The van der Waals surface area contributed by atoms with Gasteiger partial charge in [0.1, 0.15) is 5.75 Å². The maximum Gasteiger partial charge on any atom is 0.262 e. The summed E-state index contributed by atoms with van der Waals surface area (Å²) in [5, 5.41) is 7.10. The van der Waals surface area contributed by atoms with E-state index in [1.54, 1.807) is 36.3 Å². The minimum atomic E-state index is -0.198. The number of fused-ring (bicyclic) bond motifs is 1. The van der Waals surface area contributed by atoms with Gasteiger partial charge in [0.25, 0.3) is 11.8 Å². The van der Waals surface area contributed by atoms with E-state index in [-0.39, 0.29) is 18.4 Å². The van der Waals surface area contributed by atoms with Crippen LogP contribution in [-0.4, -0.2) is 40.1 Å². The first-order chi connectivity index (χ1) is 13.6. The van der Waals surface area contributed by atoms with Gasteiger partial charge in [-0.3, -0.25) is 14.3 Å². The van der Waals surface area contributed by atoms with E-state index in [4.69, 9.17) is 4.74 Å². The van der Waals surface area contributed by atoms with Crippen molar-refractivity contribution in [3.63, 3.8) is 0 Å². The van der Waals surface area contributed by atoms with Gasteiger partial charge in [0.2, 0.25) is 0 Å². The van der Waals surface area contributed by atoms with Crippen molar-refractivity contribution in [3.8, 4) is 5.75 Å². The molecular formula is C21H20N4O3. The Morgan fingerprint density at radius 2 is 2.04 bits per heavy atom. The molecule has 2 aromatic carbocycles.